The van der Waals surface area contributed by atoms with E-state index in [0.717, 1.165) is 6.07 Å². The number of benzene rings is 1. The highest BCUT2D eigenvalue weighted by Crippen LogP contribution is 2.35. The van der Waals surface area contributed by atoms with Crippen LogP contribution in [-0.4, -0.2) is 43.9 Å². The van der Waals surface area contributed by atoms with Gasteiger partial charge in [0.1, 0.15) is 5.82 Å². The Morgan fingerprint density at radius 2 is 1.62 bits per heavy atom. The summed E-state index contributed by atoms with van der Waals surface area (Å²) in [5, 5.41) is 0. The van der Waals surface area contributed by atoms with E-state index in [2.05, 4.69) is 4.98 Å². The van der Waals surface area contributed by atoms with Crippen molar-refractivity contribution in [2.45, 2.75) is 11.9 Å². The fourth-order valence-electron chi connectivity index (χ4n) is 2.92. The van der Waals surface area contributed by atoms with Gasteiger partial charge in [-0.05, 0) is 17.7 Å². The van der Waals surface area contributed by atoms with Crippen LogP contribution < -0.4 is 4.90 Å². The number of pyridine rings is 1. The van der Waals surface area contributed by atoms with E-state index in [9.17, 15) is 21.6 Å². The smallest absolute Gasteiger partial charge is 0.353 e. The quantitative estimate of drug-likeness (QED) is 0.812. The first-order valence-electron chi connectivity index (χ1n) is 8.06. The summed E-state index contributed by atoms with van der Waals surface area (Å²) in [6, 6.07) is 11.0. The van der Waals surface area contributed by atoms with Gasteiger partial charge in [-0.1, -0.05) is 30.3 Å². The second-order valence-electron chi connectivity index (χ2n) is 6.00. The Hall–Kier alpha value is -2.13. The number of hydrogen-bond acceptors (Lipinski definition) is 4. The van der Waals surface area contributed by atoms with E-state index in [1.54, 1.807) is 30.3 Å². The van der Waals surface area contributed by atoms with Gasteiger partial charge in [0.2, 0.25) is 10.0 Å². The Morgan fingerprint density at radius 1 is 0.962 bits per heavy atom. The maximum atomic E-state index is 13.1. The van der Waals surface area contributed by atoms with Crippen LogP contribution in [0.5, 0.6) is 0 Å². The van der Waals surface area contributed by atoms with Crippen LogP contribution in [0.4, 0.5) is 19.0 Å². The minimum Gasteiger partial charge on any atom is -0.353 e. The van der Waals surface area contributed by atoms with Gasteiger partial charge in [0.25, 0.3) is 0 Å². The normalized spacial score (nSPS) is 16.7. The van der Waals surface area contributed by atoms with Gasteiger partial charge in [0.05, 0.1) is 11.3 Å². The molecule has 3 rings (SSSR count). The van der Waals surface area contributed by atoms with Crippen molar-refractivity contribution in [3.63, 3.8) is 0 Å². The van der Waals surface area contributed by atoms with E-state index in [0.29, 0.717) is 5.56 Å². The molecule has 2 aromatic rings. The molecule has 26 heavy (non-hydrogen) atoms. The van der Waals surface area contributed by atoms with Gasteiger partial charge in [-0.15, -0.1) is 0 Å². The summed E-state index contributed by atoms with van der Waals surface area (Å²) in [5.74, 6) is -0.272. The lowest BCUT2D eigenvalue weighted by molar-refractivity contribution is -0.137. The summed E-state index contributed by atoms with van der Waals surface area (Å²) in [4.78, 5) is 5.35. The molecule has 2 heterocycles. The maximum absolute atomic E-state index is 13.1. The Bertz CT molecular complexity index is 849. The van der Waals surface area contributed by atoms with Crippen LogP contribution in [0.25, 0.3) is 0 Å². The molecule has 140 valence electrons. The lowest BCUT2D eigenvalue weighted by atomic mass is 10.2. The van der Waals surface area contributed by atoms with Crippen molar-refractivity contribution in [1.29, 1.82) is 0 Å². The van der Waals surface area contributed by atoms with E-state index in [-0.39, 0.29) is 37.7 Å². The molecule has 0 unspecified atom stereocenters. The van der Waals surface area contributed by atoms with Crippen LogP contribution in [0.1, 0.15) is 11.1 Å². The van der Waals surface area contributed by atoms with Crippen molar-refractivity contribution < 1.29 is 21.6 Å². The number of sulfonamides is 1. The Morgan fingerprint density at radius 3 is 2.23 bits per heavy atom. The molecule has 0 bridgehead atoms. The summed E-state index contributed by atoms with van der Waals surface area (Å²) in [6.45, 7) is 0.578. The Labute approximate surface area is 150 Å². The van der Waals surface area contributed by atoms with Crippen molar-refractivity contribution in [2.24, 2.45) is 0 Å². The molecular weight excluding hydrogens is 367 g/mol. The lowest BCUT2D eigenvalue weighted by Crippen LogP contribution is -2.49. The van der Waals surface area contributed by atoms with Gasteiger partial charge < -0.3 is 4.90 Å². The van der Waals surface area contributed by atoms with Crippen molar-refractivity contribution in [3.8, 4) is 0 Å². The van der Waals surface area contributed by atoms with Gasteiger partial charge in [-0.3, -0.25) is 0 Å². The van der Waals surface area contributed by atoms with E-state index in [1.165, 1.54) is 21.5 Å². The summed E-state index contributed by atoms with van der Waals surface area (Å²) < 4.78 is 65.8. The number of alkyl halides is 3. The second-order valence-corrected chi connectivity index (χ2v) is 7.97. The van der Waals surface area contributed by atoms with E-state index in [1.807, 2.05) is 0 Å². The number of hydrogen-bond donors (Lipinski definition) is 0. The number of rotatable bonds is 4. The largest absolute Gasteiger partial charge is 0.419 e. The maximum Gasteiger partial charge on any atom is 0.419 e. The Kier molecular flexibility index (Phi) is 5.19. The molecule has 0 atom stereocenters. The van der Waals surface area contributed by atoms with Gasteiger partial charge in [-0.2, -0.15) is 17.5 Å². The number of piperazine rings is 1. The molecule has 5 nitrogen and oxygen atoms in total. The zero-order valence-corrected chi connectivity index (χ0v) is 14.7. The highest BCUT2D eigenvalue weighted by molar-refractivity contribution is 7.88. The molecule has 0 saturated carbocycles. The van der Waals surface area contributed by atoms with Crippen molar-refractivity contribution >= 4 is 15.8 Å². The number of halogens is 3. The fraction of sp³-hybridized carbons (Fsp3) is 0.353. The SMILES string of the molecule is O=S(=O)(Cc1ccccc1)N1CCN(c2ncccc2C(F)(F)F)CC1. The van der Waals surface area contributed by atoms with Crippen LogP contribution >= 0.6 is 0 Å². The zero-order valence-electron chi connectivity index (χ0n) is 13.9. The van der Waals surface area contributed by atoms with Crippen molar-refractivity contribution in [3.05, 3.63) is 59.8 Å². The summed E-state index contributed by atoms with van der Waals surface area (Å²) in [6.07, 6.45) is -3.19. The molecule has 1 fully saturated rings. The third kappa shape index (κ3) is 4.16. The van der Waals surface area contributed by atoms with Crippen LogP contribution in [0.15, 0.2) is 48.7 Å². The standard InChI is InChI=1S/C17H18F3N3O2S/c18-17(19,20)15-7-4-8-21-16(15)22-9-11-23(12-10-22)26(24,25)13-14-5-2-1-3-6-14/h1-8H,9-13H2. The third-order valence-corrected chi connectivity index (χ3v) is 6.07. The summed E-state index contributed by atoms with van der Waals surface area (Å²) >= 11 is 0. The molecule has 1 aliphatic heterocycles. The molecule has 0 radical (unpaired) electrons. The highest BCUT2D eigenvalue weighted by atomic mass is 32.2. The van der Waals surface area contributed by atoms with Crippen molar-refractivity contribution in [1.82, 2.24) is 9.29 Å². The van der Waals surface area contributed by atoms with Gasteiger partial charge in [0.15, 0.2) is 0 Å². The predicted octanol–water partition coefficient (Wildman–Crippen LogP) is 2.75. The lowest BCUT2D eigenvalue weighted by Gasteiger charge is -2.35. The number of anilines is 1. The van der Waals surface area contributed by atoms with E-state index < -0.39 is 21.8 Å². The first-order chi connectivity index (χ1) is 12.3. The number of aromatic nitrogens is 1. The van der Waals surface area contributed by atoms with Crippen LogP contribution in [0, 0.1) is 0 Å². The topological polar surface area (TPSA) is 53.5 Å². The summed E-state index contributed by atoms with van der Waals surface area (Å²) in [7, 11) is -3.52. The fourth-order valence-corrected chi connectivity index (χ4v) is 4.44. The summed E-state index contributed by atoms with van der Waals surface area (Å²) in [5.41, 5.74) is -0.125. The molecule has 1 aliphatic rings. The van der Waals surface area contributed by atoms with Crippen LogP contribution in [0.2, 0.25) is 0 Å². The number of nitrogens with zero attached hydrogens (tertiary/aromatic N) is 3. The minimum atomic E-state index is -4.50. The molecule has 1 aromatic carbocycles. The molecule has 9 heteroatoms. The third-order valence-electron chi connectivity index (χ3n) is 4.22. The monoisotopic (exact) mass is 385 g/mol. The average molecular weight is 385 g/mol. The second kappa shape index (κ2) is 7.24. The molecule has 0 spiro atoms. The molecular formula is C17H18F3N3O2S. The predicted molar refractivity (Wildman–Crippen MR) is 92.1 cm³/mol. The molecule has 0 aliphatic carbocycles. The first kappa shape index (κ1) is 18.7. The molecule has 0 amide bonds. The van der Waals surface area contributed by atoms with Crippen molar-refractivity contribution in [2.75, 3.05) is 31.1 Å². The Balaban J connectivity index is 1.70. The minimum absolute atomic E-state index is 0.120. The van der Waals surface area contributed by atoms with E-state index >= 15 is 0 Å². The highest BCUT2D eigenvalue weighted by Gasteiger charge is 2.37. The van der Waals surface area contributed by atoms with Gasteiger partial charge in [-0.25, -0.2) is 13.4 Å². The molecule has 1 aromatic heterocycles. The van der Waals surface area contributed by atoms with Crippen LogP contribution in [0.3, 0.4) is 0 Å². The van der Waals surface area contributed by atoms with E-state index in [4.69, 9.17) is 0 Å². The van der Waals surface area contributed by atoms with Gasteiger partial charge >= 0.3 is 6.18 Å². The molecule has 0 N–H and O–H groups in total. The van der Waals surface area contributed by atoms with Crippen LogP contribution in [-0.2, 0) is 22.0 Å². The molecule has 1 saturated heterocycles. The zero-order chi connectivity index (χ0) is 18.8. The first-order valence-corrected chi connectivity index (χ1v) is 9.67. The van der Waals surface area contributed by atoms with Gasteiger partial charge in [0, 0.05) is 32.4 Å². The average Bonchev–Trinajstić information content (AvgIpc) is 2.62.